The van der Waals surface area contributed by atoms with Crippen LogP contribution in [0.15, 0.2) is 59.6 Å². The summed E-state index contributed by atoms with van der Waals surface area (Å²) in [5.41, 5.74) is 3.71. The predicted octanol–water partition coefficient (Wildman–Crippen LogP) is 3.18. The minimum absolute atomic E-state index is 0. The molecule has 0 N–H and O–H groups in total. The van der Waals surface area contributed by atoms with Gasteiger partial charge >= 0.3 is 0 Å². The van der Waals surface area contributed by atoms with Crippen LogP contribution in [0.25, 0.3) is 5.57 Å². The van der Waals surface area contributed by atoms with Gasteiger partial charge in [-0.15, -0.1) is 12.4 Å². The zero-order valence-electron chi connectivity index (χ0n) is 13.9. The van der Waals surface area contributed by atoms with Gasteiger partial charge in [0.15, 0.2) is 0 Å². The largest absolute Gasteiger partial charge is 0.353 e. The van der Waals surface area contributed by atoms with E-state index in [1.165, 1.54) is 5.56 Å². The van der Waals surface area contributed by atoms with Crippen molar-refractivity contribution in [3.8, 4) is 0 Å². The monoisotopic (exact) mass is 353 g/mol. The van der Waals surface area contributed by atoms with Crippen LogP contribution in [0.5, 0.6) is 0 Å². The lowest BCUT2D eigenvalue weighted by molar-refractivity contribution is 0.176. The number of aliphatic imine (C=N–C) groups is 1. The molecule has 0 bridgehead atoms. The van der Waals surface area contributed by atoms with Crippen molar-refractivity contribution in [2.24, 2.45) is 4.99 Å². The van der Waals surface area contributed by atoms with E-state index in [2.05, 4.69) is 45.0 Å². The van der Waals surface area contributed by atoms with Gasteiger partial charge in [-0.1, -0.05) is 48.5 Å². The van der Waals surface area contributed by atoms with Crippen LogP contribution in [-0.4, -0.2) is 47.8 Å². The summed E-state index contributed by atoms with van der Waals surface area (Å²) in [6.45, 7) is 4.67. The number of piperazine rings is 1. The molecule has 0 radical (unpaired) electrons. The van der Waals surface area contributed by atoms with Crippen molar-refractivity contribution in [1.82, 2.24) is 9.80 Å². The number of halogens is 1. The first-order chi connectivity index (χ1) is 11.8. The zero-order chi connectivity index (χ0) is 16.4. The second kappa shape index (κ2) is 7.66. The Morgan fingerprint density at radius 1 is 0.920 bits per heavy atom. The molecule has 2 aliphatic heterocycles. The number of rotatable bonds is 2. The summed E-state index contributed by atoms with van der Waals surface area (Å²) in [4.78, 5) is 20.8. The summed E-state index contributed by atoms with van der Waals surface area (Å²) in [6, 6.07) is 18.3. The van der Waals surface area contributed by atoms with Crippen molar-refractivity contribution in [2.45, 2.75) is 6.54 Å². The van der Waals surface area contributed by atoms with Gasteiger partial charge in [-0.3, -0.25) is 4.90 Å². The van der Waals surface area contributed by atoms with Gasteiger partial charge in [0.1, 0.15) is 17.4 Å². The van der Waals surface area contributed by atoms with Crippen molar-refractivity contribution < 1.29 is 4.79 Å². The number of carbonyl (C=O) groups excluding carboxylic acids is 1. The molecule has 25 heavy (non-hydrogen) atoms. The maximum Gasteiger partial charge on any atom is 0.148 e. The molecule has 0 saturated carbocycles. The summed E-state index contributed by atoms with van der Waals surface area (Å²) < 4.78 is 0. The summed E-state index contributed by atoms with van der Waals surface area (Å²) in [6.07, 6.45) is 0. The molecular formula is C20H20ClN3O. The van der Waals surface area contributed by atoms with E-state index in [0.717, 1.165) is 49.8 Å². The Hall–Kier alpha value is -2.39. The van der Waals surface area contributed by atoms with Crippen LogP contribution in [0.4, 0.5) is 5.69 Å². The third-order valence-electron chi connectivity index (χ3n) is 4.65. The Balaban J connectivity index is 0.00000182. The molecule has 2 aromatic carbocycles. The van der Waals surface area contributed by atoms with Crippen LogP contribution in [-0.2, 0) is 11.3 Å². The Labute approximate surface area is 153 Å². The SMILES string of the molecule is Cl.O=C=C1C(N2CCN(Cc3ccccc3)CC2)=Nc2ccccc21. The van der Waals surface area contributed by atoms with E-state index in [9.17, 15) is 4.79 Å². The van der Waals surface area contributed by atoms with Gasteiger partial charge in [0.2, 0.25) is 0 Å². The van der Waals surface area contributed by atoms with Gasteiger partial charge < -0.3 is 4.90 Å². The Morgan fingerprint density at radius 3 is 2.32 bits per heavy atom. The van der Waals surface area contributed by atoms with Crippen molar-refractivity contribution in [3.63, 3.8) is 0 Å². The third kappa shape index (κ3) is 3.52. The molecule has 0 spiro atoms. The van der Waals surface area contributed by atoms with Crippen LogP contribution in [0.1, 0.15) is 11.1 Å². The fourth-order valence-corrected chi connectivity index (χ4v) is 3.36. The average molecular weight is 354 g/mol. The Bertz CT molecular complexity index is 820. The Kier molecular flexibility index (Phi) is 5.34. The standard InChI is InChI=1S/C20H19N3O.ClH/c24-15-18-17-8-4-5-9-19(17)21-20(18)23-12-10-22(11-13-23)14-16-6-2-1-3-7-16;/h1-9H,10-14H2;1H. The van der Waals surface area contributed by atoms with Crippen LogP contribution in [0.3, 0.4) is 0 Å². The lowest BCUT2D eigenvalue weighted by Crippen LogP contribution is -2.48. The first kappa shape index (κ1) is 17.4. The number of hydrogen-bond acceptors (Lipinski definition) is 4. The molecule has 2 aromatic rings. The van der Waals surface area contributed by atoms with E-state index in [4.69, 9.17) is 0 Å². The van der Waals surface area contributed by atoms with E-state index in [0.29, 0.717) is 5.57 Å². The lowest BCUT2D eigenvalue weighted by atomic mass is 10.1. The molecule has 2 aliphatic rings. The highest BCUT2D eigenvalue weighted by Crippen LogP contribution is 2.34. The van der Waals surface area contributed by atoms with Crippen molar-refractivity contribution in [3.05, 3.63) is 65.7 Å². The normalized spacial score (nSPS) is 16.7. The fraction of sp³-hybridized carbons (Fsp3) is 0.250. The third-order valence-corrected chi connectivity index (χ3v) is 4.65. The van der Waals surface area contributed by atoms with Gasteiger partial charge in [0.05, 0.1) is 5.69 Å². The van der Waals surface area contributed by atoms with Crippen molar-refractivity contribution in [1.29, 1.82) is 0 Å². The molecule has 4 rings (SSSR count). The van der Waals surface area contributed by atoms with Crippen molar-refractivity contribution >= 4 is 35.4 Å². The molecule has 0 atom stereocenters. The topological polar surface area (TPSA) is 35.9 Å². The van der Waals surface area contributed by atoms with E-state index in [1.54, 1.807) is 0 Å². The molecule has 2 heterocycles. The van der Waals surface area contributed by atoms with Crippen LogP contribution < -0.4 is 0 Å². The number of nitrogens with zero attached hydrogens (tertiary/aromatic N) is 3. The number of para-hydroxylation sites is 1. The number of hydrogen-bond donors (Lipinski definition) is 0. The van der Waals surface area contributed by atoms with E-state index >= 15 is 0 Å². The first-order valence-corrected chi connectivity index (χ1v) is 8.30. The highest BCUT2D eigenvalue weighted by Gasteiger charge is 2.28. The molecule has 0 amide bonds. The molecule has 128 valence electrons. The molecule has 4 nitrogen and oxygen atoms in total. The maximum atomic E-state index is 11.4. The summed E-state index contributed by atoms with van der Waals surface area (Å²) in [5.74, 6) is 2.88. The highest BCUT2D eigenvalue weighted by molar-refractivity contribution is 6.34. The molecule has 1 saturated heterocycles. The Morgan fingerprint density at radius 2 is 1.60 bits per heavy atom. The maximum absolute atomic E-state index is 11.4. The van der Waals surface area contributed by atoms with E-state index < -0.39 is 0 Å². The number of amidine groups is 1. The molecule has 0 unspecified atom stereocenters. The average Bonchev–Trinajstić information content (AvgIpc) is 3.02. The van der Waals surface area contributed by atoms with Crippen LogP contribution in [0.2, 0.25) is 0 Å². The van der Waals surface area contributed by atoms with Gasteiger partial charge in [-0.2, -0.15) is 0 Å². The van der Waals surface area contributed by atoms with E-state index in [-0.39, 0.29) is 12.4 Å². The smallest absolute Gasteiger partial charge is 0.148 e. The van der Waals surface area contributed by atoms with E-state index in [1.807, 2.05) is 30.3 Å². The van der Waals surface area contributed by atoms with Gasteiger partial charge in [0, 0.05) is 38.3 Å². The fourth-order valence-electron chi connectivity index (χ4n) is 3.36. The zero-order valence-corrected chi connectivity index (χ0v) is 14.7. The lowest BCUT2D eigenvalue weighted by Gasteiger charge is -2.35. The molecule has 1 fully saturated rings. The predicted molar refractivity (Wildman–Crippen MR) is 103 cm³/mol. The number of fused-ring (bicyclic) bond motifs is 1. The van der Waals surface area contributed by atoms with Crippen molar-refractivity contribution in [2.75, 3.05) is 26.2 Å². The van der Waals surface area contributed by atoms with Gasteiger partial charge in [-0.05, 0) is 11.6 Å². The molecule has 5 heteroatoms. The molecular weight excluding hydrogens is 334 g/mol. The first-order valence-electron chi connectivity index (χ1n) is 8.30. The molecule has 0 aliphatic carbocycles. The number of benzene rings is 2. The summed E-state index contributed by atoms with van der Waals surface area (Å²) >= 11 is 0. The minimum atomic E-state index is 0. The van der Waals surface area contributed by atoms with Gasteiger partial charge in [0.25, 0.3) is 0 Å². The second-order valence-corrected chi connectivity index (χ2v) is 6.18. The minimum Gasteiger partial charge on any atom is -0.353 e. The summed E-state index contributed by atoms with van der Waals surface area (Å²) in [5, 5.41) is 0. The van der Waals surface area contributed by atoms with Crippen LogP contribution >= 0.6 is 12.4 Å². The quantitative estimate of drug-likeness (QED) is 0.778. The second-order valence-electron chi connectivity index (χ2n) is 6.18. The van der Waals surface area contributed by atoms with Crippen LogP contribution in [0, 0.1) is 0 Å². The summed E-state index contributed by atoms with van der Waals surface area (Å²) in [7, 11) is 0. The highest BCUT2D eigenvalue weighted by atomic mass is 35.5. The molecule has 0 aromatic heterocycles. The van der Waals surface area contributed by atoms with Gasteiger partial charge in [-0.25, -0.2) is 9.79 Å².